The first-order valence-corrected chi connectivity index (χ1v) is 7.42. The molecule has 0 aliphatic heterocycles. The van der Waals surface area contributed by atoms with Crippen LogP contribution in [0.15, 0.2) is 46.5 Å². The van der Waals surface area contributed by atoms with E-state index in [2.05, 4.69) is 38.4 Å². The van der Waals surface area contributed by atoms with Gasteiger partial charge in [-0.15, -0.1) is 6.58 Å². The summed E-state index contributed by atoms with van der Waals surface area (Å²) in [6.45, 7) is 4.11. The summed E-state index contributed by atoms with van der Waals surface area (Å²) in [7, 11) is 0. The number of benzene rings is 1. The van der Waals surface area contributed by atoms with Crippen molar-refractivity contribution in [3.05, 3.63) is 47.0 Å². The number of carbonyl (C=O) groups is 1. The molecule has 0 aliphatic carbocycles. The lowest BCUT2D eigenvalue weighted by Crippen LogP contribution is -2.32. The van der Waals surface area contributed by atoms with Crippen LogP contribution in [0.25, 0.3) is 0 Å². The summed E-state index contributed by atoms with van der Waals surface area (Å²) in [5.41, 5.74) is 4.19. The van der Waals surface area contributed by atoms with Crippen molar-refractivity contribution < 1.29 is 9.90 Å². The Morgan fingerprint density at radius 3 is 2.62 bits per heavy atom. The Hall–Kier alpha value is -1.73. The maximum absolute atomic E-state index is 10.7. The van der Waals surface area contributed by atoms with E-state index in [1.54, 1.807) is 6.08 Å². The van der Waals surface area contributed by atoms with E-state index >= 15 is 0 Å². The number of aliphatic carboxylic acids is 1. The second kappa shape index (κ2) is 9.25. The van der Waals surface area contributed by atoms with Crippen LogP contribution in [0, 0.1) is 0 Å². The molecular formula is C14H16BrN3O2S. The van der Waals surface area contributed by atoms with Gasteiger partial charge < -0.3 is 10.4 Å². The number of carboxylic acids is 1. The summed E-state index contributed by atoms with van der Waals surface area (Å²) >= 11 is 8.40. The third-order valence-corrected chi connectivity index (χ3v) is 3.22. The van der Waals surface area contributed by atoms with Gasteiger partial charge in [0, 0.05) is 17.4 Å². The standard InChI is InChI=1S/C14H16BrN3O2S/c1-2-9-16-14(21)18-17-12(7-8-13(19)20)10-3-5-11(15)6-4-10/h2-6H,1,7-9H2,(H,19,20)(H2,16,18,21)/b17-12-. The average Bonchev–Trinajstić information content (AvgIpc) is 2.46. The number of rotatable bonds is 7. The third kappa shape index (κ3) is 7.01. The Morgan fingerprint density at radius 2 is 2.05 bits per heavy atom. The average molecular weight is 370 g/mol. The van der Waals surface area contributed by atoms with Crippen LogP contribution >= 0.6 is 28.1 Å². The maximum atomic E-state index is 10.7. The molecule has 1 aromatic rings. The predicted molar refractivity (Wildman–Crippen MR) is 91.5 cm³/mol. The highest BCUT2D eigenvalue weighted by molar-refractivity contribution is 9.10. The molecule has 0 bridgehead atoms. The van der Waals surface area contributed by atoms with Gasteiger partial charge in [-0.1, -0.05) is 34.1 Å². The van der Waals surface area contributed by atoms with Gasteiger partial charge in [-0.3, -0.25) is 10.2 Å². The van der Waals surface area contributed by atoms with Crippen molar-refractivity contribution in [3.63, 3.8) is 0 Å². The summed E-state index contributed by atoms with van der Waals surface area (Å²) in [5, 5.41) is 16.3. The van der Waals surface area contributed by atoms with Crippen molar-refractivity contribution in [3.8, 4) is 0 Å². The van der Waals surface area contributed by atoms with E-state index in [9.17, 15) is 4.79 Å². The fourth-order valence-electron chi connectivity index (χ4n) is 1.46. The fraction of sp³-hybridized carbons (Fsp3) is 0.214. The minimum absolute atomic E-state index is 0.00340. The monoisotopic (exact) mass is 369 g/mol. The molecule has 7 heteroatoms. The first-order chi connectivity index (χ1) is 10.0. The second-order valence-corrected chi connectivity index (χ2v) is 5.39. The molecule has 0 unspecified atom stereocenters. The molecular weight excluding hydrogens is 354 g/mol. The molecule has 0 amide bonds. The molecule has 3 N–H and O–H groups in total. The Kier molecular flexibility index (Phi) is 7.63. The van der Waals surface area contributed by atoms with Gasteiger partial charge in [0.05, 0.1) is 12.1 Å². The molecule has 1 rings (SSSR count). The van der Waals surface area contributed by atoms with E-state index in [4.69, 9.17) is 17.3 Å². The second-order valence-electron chi connectivity index (χ2n) is 4.07. The predicted octanol–water partition coefficient (Wildman–Crippen LogP) is 2.67. The number of thiocarbonyl (C=S) groups is 1. The van der Waals surface area contributed by atoms with Crippen LogP contribution in [0.5, 0.6) is 0 Å². The zero-order valence-corrected chi connectivity index (χ0v) is 13.7. The molecule has 5 nitrogen and oxygen atoms in total. The molecule has 21 heavy (non-hydrogen) atoms. The van der Waals surface area contributed by atoms with Gasteiger partial charge in [-0.05, 0) is 29.9 Å². The van der Waals surface area contributed by atoms with Crippen molar-refractivity contribution in [2.45, 2.75) is 12.8 Å². The van der Waals surface area contributed by atoms with Gasteiger partial charge in [-0.25, -0.2) is 0 Å². The fourth-order valence-corrected chi connectivity index (χ4v) is 1.85. The molecule has 0 aromatic heterocycles. The lowest BCUT2D eigenvalue weighted by Gasteiger charge is -2.08. The number of nitrogens with one attached hydrogen (secondary N) is 2. The lowest BCUT2D eigenvalue weighted by atomic mass is 10.1. The number of hydrogen-bond donors (Lipinski definition) is 3. The minimum atomic E-state index is -0.868. The Morgan fingerprint density at radius 1 is 1.38 bits per heavy atom. The topological polar surface area (TPSA) is 73.7 Å². The van der Waals surface area contributed by atoms with Gasteiger partial charge in [0.15, 0.2) is 5.11 Å². The van der Waals surface area contributed by atoms with Gasteiger partial charge in [-0.2, -0.15) is 5.10 Å². The van der Waals surface area contributed by atoms with Crippen LogP contribution in [0.4, 0.5) is 0 Å². The molecule has 1 aromatic carbocycles. The molecule has 112 valence electrons. The molecule has 0 aliphatic rings. The maximum Gasteiger partial charge on any atom is 0.303 e. The molecule has 0 saturated heterocycles. The molecule has 0 atom stereocenters. The number of carboxylic acid groups (broad SMARTS) is 1. The van der Waals surface area contributed by atoms with Crippen molar-refractivity contribution in [1.82, 2.24) is 10.7 Å². The van der Waals surface area contributed by atoms with Crippen LogP contribution in [0.3, 0.4) is 0 Å². The normalized spacial score (nSPS) is 10.8. The first kappa shape index (κ1) is 17.3. The largest absolute Gasteiger partial charge is 0.481 e. The smallest absolute Gasteiger partial charge is 0.303 e. The van der Waals surface area contributed by atoms with Crippen LogP contribution in [0.2, 0.25) is 0 Å². The molecule has 0 spiro atoms. The third-order valence-electron chi connectivity index (χ3n) is 2.45. The minimum Gasteiger partial charge on any atom is -0.481 e. The van der Waals surface area contributed by atoms with Gasteiger partial charge >= 0.3 is 5.97 Å². The summed E-state index contributed by atoms with van der Waals surface area (Å²) in [6, 6.07) is 7.49. The zero-order chi connectivity index (χ0) is 15.7. The van der Waals surface area contributed by atoms with E-state index in [0.29, 0.717) is 23.8 Å². The summed E-state index contributed by atoms with van der Waals surface area (Å²) in [4.78, 5) is 10.7. The molecule has 0 fully saturated rings. The highest BCUT2D eigenvalue weighted by Gasteiger charge is 2.07. The van der Waals surface area contributed by atoms with Crippen molar-refractivity contribution in [2.75, 3.05) is 6.54 Å². The number of hydrazone groups is 1. The molecule has 0 saturated carbocycles. The number of nitrogens with zero attached hydrogens (tertiary/aromatic N) is 1. The summed E-state index contributed by atoms with van der Waals surface area (Å²) in [6.07, 6.45) is 2.00. The Balaban J connectivity index is 2.80. The van der Waals surface area contributed by atoms with Crippen molar-refractivity contribution in [1.29, 1.82) is 0 Å². The van der Waals surface area contributed by atoms with Gasteiger partial charge in [0.2, 0.25) is 0 Å². The van der Waals surface area contributed by atoms with Crippen molar-refractivity contribution >= 4 is 44.9 Å². The summed E-state index contributed by atoms with van der Waals surface area (Å²) in [5.74, 6) is -0.868. The zero-order valence-electron chi connectivity index (χ0n) is 11.3. The van der Waals surface area contributed by atoms with Crippen LogP contribution in [-0.2, 0) is 4.79 Å². The van der Waals surface area contributed by atoms with Crippen LogP contribution in [0.1, 0.15) is 18.4 Å². The van der Waals surface area contributed by atoms with E-state index in [0.717, 1.165) is 10.0 Å². The number of hydrogen-bond acceptors (Lipinski definition) is 3. The first-order valence-electron chi connectivity index (χ1n) is 6.22. The quantitative estimate of drug-likeness (QED) is 0.298. The Bertz CT molecular complexity index is 544. The SMILES string of the molecule is C=CCNC(=S)N/N=C(/CCC(=O)O)c1ccc(Br)cc1. The van der Waals surface area contributed by atoms with Crippen LogP contribution in [-0.4, -0.2) is 28.4 Å². The van der Waals surface area contributed by atoms with Gasteiger partial charge in [0.25, 0.3) is 0 Å². The molecule has 0 heterocycles. The summed E-state index contributed by atoms with van der Waals surface area (Å²) < 4.78 is 0.944. The highest BCUT2D eigenvalue weighted by atomic mass is 79.9. The van der Waals surface area contributed by atoms with E-state index < -0.39 is 5.97 Å². The van der Waals surface area contributed by atoms with E-state index in [1.165, 1.54) is 0 Å². The lowest BCUT2D eigenvalue weighted by molar-refractivity contribution is -0.136. The number of halogens is 1. The van der Waals surface area contributed by atoms with E-state index in [1.807, 2.05) is 24.3 Å². The molecule has 0 radical (unpaired) electrons. The van der Waals surface area contributed by atoms with Crippen LogP contribution < -0.4 is 10.7 Å². The highest BCUT2D eigenvalue weighted by Crippen LogP contribution is 2.13. The Labute approximate surface area is 137 Å². The van der Waals surface area contributed by atoms with Crippen molar-refractivity contribution in [2.24, 2.45) is 5.10 Å². The van der Waals surface area contributed by atoms with Gasteiger partial charge in [0.1, 0.15) is 0 Å². The van der Waals surface area contributed by atoms with E-state index in [-0.39, 0.29) is 6.42 Å².